The number of ether oxygens (including phenoxy) is 1. The average Bonchev–Trinajstić information content (AvgIpc) is 3.01. The minimum Gasteiger partial charge on any atom is -0.494 e. The zero-order chi connectivity index (χ0) is 22.4. The van der Waals surface area contributed by atoms with Gasteiger partial charge in [-0.2, -0.15) is 0 Å². The van der Waals surface area contributed by atoms with E-state index in [4.69, 9.17) is 4.74 Å². The van der Waals surface area contributed by atoms with Gasteiger partial charge in [-0.1, -0.05) is 42.5 Å². The first kappa shape index (κ1) is 22.7. The monoisotopic (exact) mass is 422 g/mol. The van der Waals surface area contributed by atoms with E-state index in [0.29, 0.717) is 19.6 Å². The minimum atomic E-state index is -0.963. The number of carbonyl (C=O) groups is 3. The molecule has 0 saturated carbocycles. The molecule has 2 aromatic carbocycles. The highest BCUT2D eigenvalue weighted by Crippen LogP contribution is 2.37. The molecule has 0 spiro atoms. The average molecular weight is 423 g/mol. The van der Waals surface area contributed by atoms with Gasteiger partial charge in [0.2, 0.25) is 5.78 Å². The smallest absolute Gasteiger partial charge is 0.291 e. The van der Waals surface area contributed by atoms with E-state index in [-0.39, 0.29) is 5.78 Å². The Kier molecular flexibility index (Phi) is 7.58. The van der Waals surface area contributed by atoms with E-state index in [1.165, 1.54) is 6.92 Å². The molecular weight excluding hydrogens is 392 g/mol. The van der Waals surface area contributed by atoms with Gasteiger partial charge in [-0.3, -0.25) is 14.4 Å². The van der Waals surface area contributed by atoms with Gasteiger partial charge < -0.3 is 14.5 Å². The zero-order valence-corrected chi connectivity index (χ0v) is 18.4. The highest BCUT2D eigenvalue weighted by molar-refractivity contribution is 6.42. The lowest BCUT2D eigenvalue weighted by atomic mass is 9.90. The highest BCUT2D eigenvalue weighted by Gasteiger charge is 2.49. The zero-order valence-electron chi connectivity index (χ0n) is 18.4. The number of amides is 1. The van der Waals surface area contributed by atoms with Crippen molar-refractivity contribution in [3.63, 3.8) is 0 Å². The Bertz CT molecular complexity index is 909. The van der Waals surface area contributed by atoms with E-state index in [2.05, 4.69) is 4.90 Å². The van der Waals surface area contributed by atoms with Gasteiger partial charge in [-0.15, -0.1) is 0 Å². The van der Waals surface area contributed by atoms with Crippen LogP contribution in [0.3, 0.4) is 0 Å². The molecule has 164 valence electrons. The van der Waals surface area contributed by atoms with E-state index in [1.807, 2.05) is 68.7 Å². The second-order valence-corrected chi connectivity index (χ2v) is 8.21. The summed E-state index contributed by atoms with van der Waals surface area (Å²) in [5.41, 5.74) is 1.85. The van der Waals surface area contributed by atoms with E-state index in [9.17, 15) is 14.4 Å². The molecule has 2 unspecified atom stereocenters. The molecule has 0 aromatic heterocycles. The van der Waals surface area contributed by atoms with Crippen molar-refractivity contribution in [2.75, 3.05) is 33.8 Å². The van der Waals surface area contributed by atoms with Crippen molar-refractivity contribution in [3.05, 3.63) is 65.7 Å². The topological polar surface area (TPSA) is 66.9 Å². The first-order valence-electron chi connectivity index (χ1n) is 10.6. The fraction of sp³-hybridized carbons (Fsp3) is 0.400. The predicted octanol–water partition coefficient (Wildman–Crippen LogP) is 2.92. The second kappa shape index (κ2) is 10.4. The van der Waals surface area contributed by atoms with Gasteiger partial charge >= 0.3 is 0 Å². The van der Waals surface area contributed by atoms with Crippen LogP contribution < -0.4 is 4.74 Å². The number of nitrogens with zero attached hydrogens (tertiary/aromatic N) is 2. The fourth-order valence-electron chi connectivity index (χ4n) is 3.97. The SMILES string of the molecule is CC(=O)C1C(=O)C(=O)N(CCc2ccccc2)C1c1ccc(OCCCN(C)C)cc1. The van der Waals surface area contributed by atoms with Gasteiger partial charge in [-0.05, 0) is 57.1 Å². The molecule has 6 heteroatoms. The van der Waals surface area contributed by atoms with Crippen molar-refractivity contribution in [1.29, 1.82) is 0 Å². The van der Waals surface area contributed by atoms with Crippen LogP contribution in [-0.2, 0) is 20.8 Å². The molecule has 1 amide bonds. The number of hydrogen-bond donors (Lipinski definition) is 0. The number of hydrogen-bond acceptors (Lipinski definition) is 5. The van der Waals surface area contributed by atoms with E-state index in [1.54, 1.807) is 4.90 Å². The largest absolute Gasteiger partial charge is 0.494 e. The van der Waals surface area contributed by atoms with Gasteiger partial charge in [0, 0.05) is 13.1 Å². The van der Waals surface area contributed by atoms with Crippen molar-refractivity contribution >= 4 is 17.5 Å². The van der Waals surface area contributed by atoms with Crippen molar-refractivity contribution < 1.29 is 19.1 Å². The second-order valence-electron chi connectivity index (χ2n) is 8.21. The molecule has 0 bridgehead atoms. The summed E-state index contributed by atoms with van der Waals surface area (Å²) < 4.78 is 5.78. The predicted molar refractivity (Wildman–Crippen MR) is 119 cm³/mol. The summed E-state index contributed by atoms with van der Waals surface area (Å²) in [6.45, 7) is 3.32. The molecule has 3 rings (SSSR count). The third-order valence-corrected chi connectivity index (χ3v) is 5.57. The number of carbonyl (C=O) groups excluding carboxylic acids is 3. The maximum atomic E-state index is 12.7. The molecular formula is C25H30N2O4. The maximum Gasteiger partial charge on any atom is 0.291 e. The summed E-state index contributed by atoms with van der Waals surface area (Å²) in [7, 11) is 4.04. The van der Waals surface area contributed by atoms with Crippen molar-refractivity contribution in [2.45, 2.75) is 25.8 Å². The van der Waals surface area contributed by atoms with Gasteiger partial charge in [0.05, 0.1) is 12.6 Å². The molecule has 1 fully saturated rings. The number of Topliss-reactive ketones (excluding diaryl/α,β-unsaturated/α-hetero) is 2. The lowest BCUT2D eigenvalue weighted by molar-refractivity contribution is -0.142. The normalized spacial score (nSPS) is 18.6. The third-order valence-electron chi connectivity index (χ3n) is 5.57. The summed E-state index contributed by atoms with van der Waals surface area (Å²) in [4.78, 5) is 41.3. The maximum absolute atomic E-state index is 12.7. The Labute approximate surface area is 183 Å². The van der Waals surface area contributed by atoms with Crippen LogP contribution in [0.2, 0.25) is 0 Å². The molecule has 0 N–H and O–H groups in total. The van der Waals surface area contributed by atoms with Crippen LogP contribution in [0.5, 0.6) is 5.75 Å². The van der Waals surface area contributed by atoms with Crippen LogP contribution in [-0.4, -0.2) is 61.1 Å². The fourth-order valence-corrected chi connectivity index (χ4v) is 3.97. The standard InChI is InChI=1S/C25H30N2O4/c1-18(28)22-23(20-10-12-21(13-11-20)31-17-7-15-26(2)3)27(25(30)24(22)29)16-14-19-8-5-4-6-9-19/h4-6,8-13,22-23H,7,14-17H2,1-3H3. The molecule has 2 aromatic rings. The van der Waals surface area contributed by atoms with Gasteiger partial charge in [-0.25, -0.2) is 0 Å². The number of rotatable bonds is 10. The molecule has 0 aliphatic carbocycles. The van der Waals surface area contributed by atoms with Crippen molar-refractivity contribution in [1.82, 2.24) is 9.80 Å². The van der Waals surface area contributed by atoms with E-state index >= 15 is 0 Å². The number of likely N-dealkylation sites (tertiary alicyclic amines) is 1. The van der Waals surface area contributed by atoms with Crippen LogP contribution in [0.25, 0.3) is 0 Å². The van der Waals surface area contributed by atoms with E-state index in [0.717, 1.165) is 29.8 Å². The van der Waals surface area contributed by atoms with Gasteiger partial charge in [0.1, 0.15) is 17.5 Å². The Morgan fingerprint density at radius 1 is 1.03 bits per heavy atom. The molecule has 0 radical (unpaired) electrons. The quantitative estimate of drug-likeness (QED) is 0.335. The lowest BCUT2D eigenvalue weighted by Crippen LogP contribution is -2.32. The first-order chi connectivity index (χ1) is 14.9. The summed E-state index contributed by atoms with van der Waals surface area (Å²) in [6.07, 6.45) is 1.54. The molecule has 1 saturated heterocycles. The number of benzene rings is 2. The van der Waals surface area contributed by atoms with Crippen LogP contribution in [0.15, 0.2) is 54.6 Å². The first-order valence-corrected chi connectivity index (χ1v) is 10.6. The Balaban J connectivity index is 1.76. The van der Waals surface area contributed by atoms with Crippen molar-refractivity contribution in [3.8, 4) is 5.75 Å². The minimum absolute atomic E-state index is 0.283. The molecule has 1 aliphatic heterocycles. The highest BCUT2D eigenvalue weighted by atomic mass is 16.5. The molecule has 1 aliphatic rings. The van der Waals surface area contributed by atoms with Crippen LogP contribution in [0.4, 0.5) is 0 Å². The van der Waals surface area contributed by atoms with Gasteiger partial charge in [0.25, 0.3) is 5.91 Å². The summed E-state index contributed by atoms with van der Waals surface area (Å²) in [6, 6.07) is 16.6. The van der Waals surface area contributed by atoms with Crippen LogP contribution in [0.1, 0.15) is 30.5 Å². The summed E-state index contributed by atoms with van der Waals surface area (Å²) in [5.74, 6) is -1.71. The number of ketones is 2. The summed E-state index contributed by atoms with van der Waals surface area (Å²) in [5, 5.41) is 0. The lowest BCUT2D eigenvalue weighted by Gasteiger charge is -2.27. The van der Waals surface area contributed by atoms with Crippen LogP contribution >= 0.6 is 0 Å². The molecule has 1 heterocycles. The Morgan fingerprint density at radius 3 is 2.32 bits per heavy atom. The van der Waals surface area contributed by atoms with E-state index < -0.39 is 23.7 Å². The van der Waals surface area contributed by atoms with Gasteiger partial charge in [0.15, 0.2) is 0 Å². The third kappa shape index (κ3) is 5.58. The van der Waals surface area contributed by atoms with Crippen LogP contribution in [0, 0.1) is 5.92 Å². The summed E-state index contributed by atoms with van der Waals surface area (Å²) >= 11 is 0. The Morgan fingerprint density at radius 2 is 1.71 bits per heavy atom. The Hall–Kier alpha value is -2.99. The molecule has 31 heavy (non-hydrogen) atoms. The molecule has 6 nitrogen and oxygen atoms in total. The van der Waals surface area contributed by atoms with Crippen molar-refractivity contribution in [2.24, 2.45) is 5.92 Å². The molecule has 2 atom stereocenters.